The second-order valence-corrected chi connectivity index (χ2v) is 7.52. The molecule has 0 aliphatic rings. The summed E-state index contributed by atoms with van der Waals surface area (Å²) < 4.78 is 5.57. The summed E-state index contributed by atoms with van der Waals surface area (Å²) in [5.41, 5.74) is 2.46. The van der Waals surface area contributed by atoms with E-state index in [0.717, 1.165) is 28.8 Å². The molecule has 0 aliphatic carbocycles. The Labute approximate surface area is 178 Å². The van der Waals surface area contributed by atoms with Gasteiger partial charge in [-0.25, -0.2) is 4.99 Å². The Morgan fingerprint density at radius 2 is 1.90 bits per heavy atom. The SMILES string of the molecule is CCC(=Nc1cc(-c2c(-c3ccccc3)c3cc(Cl)ccc3[nH]c2=O)on1)N(C)C. The molecule has 7 heteroatoms. The van der Waals surface area contributed by atoms with E-state index >= 15 is 0 Å². The number of nitrogens with one attached hydrogen (secondary N) is 1. The Balaban J connectivity index is 1.98. The molecule has 0 saturated carbocycles. The molecule has 0 atom stereocenters. The van der Waals surface area contributed by atoms with Gasteiger partial charge in [0.05, 0.1) is 5.56 Å². The summed E-state index contributed by atoms with van der Waals surface area (Å²) in [7, 11) is 3.85. The summed E-state index contributed by atoms with van der Waals surface area (Å²) >= 11 is 6.27. The fourth-order valence-electron chi connectivity index (χ4n) is 3.47. The third kappa shape index (κ3) is 3.74. The first-order valence-electron chi connectivity index (χ1n) is 9.61. The standard InChI is InChI=1S/C23H21ClN4O2/c1-4-20(28(2)3)26-19-13-18(30-27-19)22-21(14-8-6-5-7-9-14)16-12-15(24)10-11-17(16)25-23(22)29/h5-13H,4H2,1-3H3,(H,25,29). The Morgan fingerprint density at radius 1 is 1.13 bits per heavy atom. The van der Waals surface area contributed by atoms with Gasteiger partial charge in [0, 0.05) is 48.1 Å². The lowest BCUT2D eigenvalue weighted by molar-refractivity contribution is 0.434. The van der Waals surface area contributed by atoms with Crippen LogP contribution in [-0.2, 0) is 0 Å². The first-order valence-corrected chi connectivity index (χ1v) is 9.98. The van der Waals surface area contributed by atoms with Crippen LogP contribution in [0.15, 0.2) is 68.9 Å². The topological polar surface area (TPSA) is 74.5 Å². The summed E-state index contributed by atoms with van der Waals surface area (Å²) in [4.78, 5) is 22.5. The fraction of sp³-hybridized carbons (Fsp3) is 0.174. The lowest BCUT2D eigenvalue weighted by Crippen LogP contribution is -2.20. The average Bonchev–Trinajstić information content (AvgIpc) is 3.20. The van der Waals surface area contributed by atoms with E-state index < -0.39 is 0 Å². The highest BCUT2D eigenvalue weighted by Gasteiger charge is 2.20. The van der Waals surface area contributed by atoms with Crippen LogP contribution >= 0.6 is 11.6 Å². The highest BCUT2D eigenvalue weighted by molar-refractivity contribution is 6.31. The van der Waals surface area contributed by atoms with E-state index in [2.05, 4.69) is 15.1 Å². The number of aliphatic imine (C=N–C) groups is 1. The van der Waals surface area contributed by atoms with Gasteiger partial charge in [-0.05, 0) is 23.8 Å². The largest absolute Gasteiger partial charge is 0.366 e. The van der Waals surface area contributed by atoms with E-state index in [1.54, 1.807) is 18.2 Å². The van der Waals surface area contributed by atoms with Crippen molar-refractivity contribution in [2.24, 2.45) is 4.99 Å². The molecule has 4 aromatic rings. The van der Waals surface area contributed by atoms with Gasteiger partial charge < -0.3 is 14.4 Å². The van der Waals surface area contributed by atoms with Crippen molar-refractivity contribution in [1.29, 1.82) is 0 Å². The van der Waals surface area contributed by atoms with Crippen LogP contribution in [0.25, 0.3) is 33.4 Å². The number of benzene rings is 2. The number of amidine groups is 1. The molecule has 4 rings (SSSR count). The number of halogens is 1. The molecular formula is C23H21ClN4O2. The van der Waals surface area contributed by atoms with Crippen LogP contribution in [0.3, 0.4) is 0 Å². The highest BCUT2D eigenvalue weighted by Crippen LogP contribution is 2.37. The normalized spacial score (nSPS) is 11.8. The molecule has 2 heterocycles. The van der Waals surface area contributed by atoms with Crippen LogP contribution in [0, 0.1) is 0 Å². The van der Waals surface area contributed by atoms with Gasteiger partial charge in [-0.15, -0.1) is 0 Å². The minimum absolute atomic E-state index is 0.265. The quantitative estimate of drug-likeness (QED) is 0.349. The fourth-order valence-corrected chi connectivity index (χ4v) is 3.64. The van der Waals surface area contributed by atoms with Crippen molar-refractivity contribution in [3.05, 3.63) is 70.0 Å². The van der Waals surface area contributed by atoms with Crippen LogP contribution in [0.5, 0.6) is 0 Å². The highest BCUT2D eigenvalue weighted by atomic mass is 35.5. The Morgan fingerprint density at radius 3 is 2.60 bits per heavy atom. The van der Waals surface area contributed by atoms with E-state index in [9.17, 15) is 4.79 Å². The maximum atomic E-state index is 13.1. The molecule has 2 aromatic carbocycles. The number of hydrogen-bond donors (Lipinski definition) is 1. The van der Waals surface area contributed by atoms with E-state index in [4.69, 9.17) is 16.1 Å². The smallest absolute Gasteiger partial charge is 0.260 e. The number of hydrogen-bond acceptors (Lipinski definition) is 4. The van der Waals surface area contributed by atoms with Crippen molar-refractivity contribution < 1.29 is 4.52 Å². The summed E-state index contributed by atoms with van der Waals surface area (Å²) in [6.07, 6.45) is 0.750. The Bertz CT molecular complexity index is 1290. The molecule has 152 valence electrons. The summed E-state index contributed by atoms with van der Waals surface area (Å²) in [6, 6.07) is 16.8. The molecule has 2 aromatic heterocycles. The number of aromatic nitrogens is 2. The Hall–Kier alpha value is -3.38. The van der Waals surface area contributed by atoms with Crippen LogP contribution < -0.4 is 5.56 Å². The maximum Gasteiger partial charge on any atom is 0.260 e. The third-order valence-electron chi connectivity index (χ3n) is 4.86. The zero-order valence-electron chi connectivity index (χ0n) is 16.9. The van der Waals surface area contributed by atoms with Gasteiger partial charge in [0.15, 0.2) is 11.6 Å². The van der Waals surface area contributed by atoms with Gasteiger partial charge in [0.1, 0.15) is 5.84 Å². The van der Waals surface area contributed by atoms with Crippen LogP contribution in [-0.4, -0.2) is 35.0 Å². The molecule has 0 spiro atoms. The van der Waals surface area contributed by atoms with Gasteiger partial charge in [0.2, 0.25) is 0 Å². The minimum Gasteiger partial charge on any atom is -0.366 e. The molecule has 0 aliphatic heterocycles. The number of fused-ring (bicyclic) bond motifs is 1. The summed E-state index contributed by atoms with van der Waals surface area (Å²) in [5.74, 6) is 1.63. The van der Waals surface area contributed by atoms with Gasteiger partial charge in [-0.2, -0.15) is 0 Å². The zero-order chi connectivity index (χ0) is 21.3. The van der Waals surface area contributed by atoms with Crippen molar-refractivity contribution in [2.45, 2.75) is 13.3 Å². The molecule has 6 nitrogen and oxygen atoms in total. The van der Waals surface area contributed by atoms with Crippen molar-refractivity contribution in [1.82, 2.24) is 15.0 Å². The third-order valence-corrected chi connectivity index (χ3v) is 5.09. The van der Waals surface area contributed by atoms with Gasteiger partial charge in [0.25, 0.3) is 5.56 Å². The monoisotopic (exact) mass is 420 g/mol. The molecule has 0 fully saturated rings. The van der Waals surface area contributed by atoms with E-state index in [1.165, 1.54) is 0 Å². The molecule has 0 unspecified atom stereocenters. The number of aromatic amines is 1. The molecular weight excluding hydrogens is 400 g/mol. The van der Waals surface area contributed by atoms with Crippen molar-refractivity contribution in [3.63, 3.8) is 0 Å². The number of H-pyrrole nitrogens is 1. The van der Waals surface area contributed by atoms with E-state index in [1.807, 2.05) is 62.3 Å². The van der Waals surface area contributed by atoms with Gasteiger partial charge in [-0.3, -0.25) is 4.79 Å². The second kappa shape index (κ2) is 8.16. The Kier molecular flexibility index (Phi) is 5.42. The lowest BCUT2D eigenvalue weighted by Gasteiger charge is -2.12. The molecule has 0 bridgehead atoms. The van der Waals surface area contributed by atoms with Crippen LogP contribution in [0.4, 0.5) is 5.82 Å². The predicted molar refractivity (Wildman–Crippen MR) is 122 cm³/mol. The number of nitrogens with zero attached hydrogens (tertiary/aromatic N) is 3. The van der Waals surface area contributed by atoms with Crippen molar-refractivity contribution >= 4 is 34.2 Å². The minimum atomic E-state index is -0.265. The molecule has 0 amide bonds. The van der Waals surface area contributed by atoms with Crippen LogP contribution in [0.2, 0.25) is 5.02 Å². The summed E-state index contributed by atoms with van der Waals surface area (Å²) in [5, 5.41) is 5.48. The predicted octanol–water partition coefficient (Wildman–Crippen LogP) is 5.51. The molecule has 0 saturated heterocycles. The van der Waals surface area contributed by atoms with Crippen LogP contribution in [0.1, 0.15) is 13.3 Å². The summed E-state index contributed by atoms with van der Waals surface area (Å²) in [6.45, 7) is 2.02. The maximum absolute atomic E-state index is 13.1. The van der Waals surface area contributed by atoms with Crippen molar-refractivity contribution in [2.75, 3.05) is 14.1 Å². The van der Waals surface area contributed by atoms with Gasteiger partial charge >= 0.3 is 0 Å². The number of pyridine rings is 1. The second-order valence-electron chi connectivity index (χ2n) is 7.09. The van der Waals surface area contributed by atoms with Crippen molar-refractivity contribution in [3.8, 4) is 22.5 Å². The first-order chi connectivity index (χ1) is 14.5. The first kappa shape index (κ1) is 19.9. The lowest BCUT2D eigenvalue weighted by atomic mass is 9.95. The number of rotatable bonds is 4. The van der Waals surface area contributed by atoms with E-state index in [-0.39, 0.29) is 5.56 Å². The average molecular weight is 421 g/mol. The van der Waals surface area contributed by atoms with Gasteiger partial charge in [-0.1, -0.05) is 54.0 Å². The molecule has 1 N–H and O–H groups in total. The van der Waals surface area contributed by atoms with E-state index in [0.29, 0.717) is 27.7 Å². The molecule has 0 radical (unpaired) electrons. The zero-order valence-corrected chi connectivity index (χ0v) is 17.7. The molecule has 30 heavy (non-hydrogen) atoms.